The molecule has 2 aromatic rings. The van der Waals surface area contributed by atoms with Crippen LogP contribution < -0.4 is 21.1 Å². The second kappa shape index (κ2) is 8.34. The summed E-state index contributed by atoms with van der Waals surface area (Å²) in [6.07, 6.45) is 2.98. The van der Waals surface area contributed by atoms with Crippen LogP contribution in [0.25, 0.3) is 0 Å². The van der Waals surface area contributed by atoms with Crippen molar-refractivity contribution in [3.05, 3.63) is 44.7 Å². The van der Waals surface area contributed by atoms with Crippen molar-refractivity contribution in [2.24, 2.45) is 0 Å². The highest BCUT2D eigenvalue weighted by Gasteiger charge is 2.36. The average Bonchev–Trinajstić information content (AvgIpc) is 2.69. The van der Waals surface area contributed by atoms with E-state index in [1.54, 1.807) is 12.1 Å². The summed E-state index contributed by atoms with van der Waals surface area (Å²) >= 11 is 6.23. The molecule has 0 bridgehead atoms. The molecule has 2 amide bonds. The quantitative estimate of drug-likeness (QED) is 0.672. The average molecular weight is 444 g/mol. The summed E-state index contributed by atoms with van der Waals surface area (Å²) in [6.45, 7) is 6.08. The third-order valence-corrected chi connectivity index (χ3v) is 6.39. The minimum atomic E-state index is -0.956. The molecule has 31 heavy (non-hydrogen) atoms. The SMILES string of the molecule is Cc1ccc(NC(=O)C2CC(=O)Nc3nc(N4C(C)CCCC4C)[nH]c(=O)c32)c(Cl)c1. The first-order valence-corrected chi connectivity index (χ1v) is 10.9. The molecule has 8 nitrogen and oxygen atoms in total. The van der Waals surface area contributed by atoms with Gasteiger partial charge >= 0.3 is 0 Å². The number of hydrogen-bond acceptors (Lipinski definition) is 5. The number of hydrogen-bond donors (Lipinski definition) is 3. The van der Waals surface area contributed by atoms with Gasteiger partial charge in [0.1, 0.15) is 5.82 Å². The lowest BCUT2D eigenvalue weighted by Crippen LogP contribution is -2.46. The van der Waals surface area contributed by atoms with Gasteiger partial charge in [0.05, 0.1) is 22.2 Å². The minimum Gasteiger partial charge on any atom is -0.337 e. The van der Waals surface area contributed by atoms with Crippen LogP contribution in [0, 0.1) is 6.92 Å². The molecule has 2 aliphatic rings. The number of nitrogens with zero attached hydrogens (tertiary/aromatic N) is 2. The van der Waals surface area contributed by atoms with E-state index in [0.717, 1.165) is 24.8 Å². The number of carbonyl (C=O) groups excluding carboxylic acids is 2. The van der Waals surface area contributed by atoms with E-state index in [9.17, 15) is 14.4 Å². The summed E-state index contributed by atoms with van der Waals surface area (Å²) in [7, 11) is 0. The summed E-state index contributed by atoms with van der Waals surface area (Å²) < 4.78 is 0. The third kappa shape index (κ3) is 4.17. The highest BCUT2D eigenvalue weighted by Crippen LogP contribution is 2.33. The zero-order valence-electron chi connectivity index (χ0n) is 17.8. The number of aryl methyl sites for hydroxylation is 1. The van der Waals surface area contributed by atoms with Crippen molar-refractivity contribution in [1.29, 1.82) is 0 Å². The molecule has 3 atom stereocenters. The molecule has 1 aromatic carbocycles. The maximum absolute atomic E-state index is 13.0. The molecule has 3 N–H and O–H groups in total. The molecule has 2 aliphatic heterocycles. The molecule has 164 valence electrons. The van der Waals surface area contributed by atoms with E-state index in [2.05, 4.69) is 39.3 Å². The molecule has 1 fully saturated rings. The van der Waals surface area contributed by atoms with E-state index in [1.165, 1.54) is 0 Å². The Kier molecular flexibility index (Phi) is 5.75. The topological polar surface area (TPSA) is 107 Å². The largest absolute Gasteiger partial charge is 0.337 e. The highest BCUT2D eigenvalue weighted by atomic mass is 35.5. The van der Waals surface area contributed by atoms with Crippen molar-refractivity contribution in [3.63, 3.8) is 0 Å². The summed E-state index contributed by atoms with van der Waals surface area (Å²) in [5.74, 6) is -1.21. The Morgan fingerprint density at radius 1 is 1.23 bits per heavy atom. The number of nitrogens with one attached hydrogen (secondary N) is 3. The predicted octanol–water partition coefficient (Wildman–Crippen LogP) is 3.56. The molecule has 0 spiro atoms. The molecule has 3 unspecified atom stereocenters. The number of aromatic amines is 1. The number of aromatic nitrogens is 2. The monoisotopic (exact) mass is 443 g/mol. The van der Waals surface area contributed by atoms with Crippen LogP contribution in [0.4, 0.5) is 17.5 Å². The minimum absolute atomic E-state index is 0.136. The molecule has 0 saturated carbocycles. The van der Waals surface area contributed by atoms with Gasteiger partial charge in [-0.1, -0.05) is 17.7 Å². The fourth-order valence-corrected chi connectivity index (χ4v) is 4.77. The summed E-state index contributed by atoms with van der Waals surface area (Å²) in [6, 6.07) is 5.69. The number of rotatable bonds is 3. The Labute approximate surface area is 185 Å². The third-order valence-electron chi connectivity index (χ3n) is 6.08. The van der Waals surface area contributed by atoms with Crippen LogP contribution in [0.1, 0.15) is 56.6 Å². The number of halogens is 1. The molecule has 0 radical (unpaired) electrons. The van der Waals surface area contributed by atoms with Gasteiger partial charge in [-0.05, 0) is 57.7 Å². The molecular weight excluding hydrogens is 418 g/mol. The van der Waals surface area contributed by atoms with Gasteiger partial charge in [0.2, 0.25) is 17.8 Å². The van der Waals surface area contributed by atoms with Crippen LogP contribution in [-0.4, -0.2) is 33.9 Å². The van der Waals surface area contributed by atoms with E-state index in [1.807, 2.05) is 13.0 Å². The van der Waals surface area contributed by atoms with Crippen LogP contribution in [0.3, 0.4) is 0 Å². The standard InChI is InChI=1S/C22H26ClN5O3/c1-11-7-8-16(15(23)9-11)24-20(30)14-10-17(29)25-19-18(14)21(31)27-22(26-19)28-12(2)5-4-6-13(28)3/h7-9,12-14H,4-6,10H2,1-3H3,(H,24,30)(H2,25,26,27,29,31). The number of piperidine rings is 1. The van der Waals surface area contributed by atoms with E-state index < -0.39 is 17.4 Å². The van der Waals surface area contributed by atoms with Crippen molar-refractivity contribution >= 4 is 40.9 Å². The first-order valence-electron chi connectivity index (χ1n) is 10.5. The number of amides is 2. The zero-order chi connectivity index (χ0) is 22.3. The Balaban J connectivity index is 1.68. The van der Waals surface area contributed by atoms with Gasteiger partial charge in [-0.25, -0.2) is 0 Å². The molecule has 3 heterocycles. The Morgan fingerprint density at radius 2 is 1.94 bits per heavy atom. The van der Waals surface area contributed by atoms with E-state index in [4.69, 9.17) is 11.6 Å². The van der Waals surface area contributed by atoms with Crippen LogP contribution >= 0.6 is 11.6 Å². The second-order valence-electron chi connectivity index (χ2n) is 8.47. The first kappa shape index (κ1) is 21.4. The van der Waals surface area contributed by atoms with Crippen LogP contribution in [0.2, 0.25) is 5.02 Å². The Hall–Kier alpha value is -2.87. The van der Waals surface area contributed by atoms with E-state index in [-0.39, 0.29) is 35.8 Å². The van der Waals surface area contributed by atoms with Crippen molar-refractivity contribution in [2.75, 3.05) is 15.5 Å². The fraction of sp³-hybridized carbons (Fsp3) is 0.455. The van der Waals surface area contributed by atoms with Crippen LogP contribution in [0.5, 0.6) is 0 Å². The molecule has 0 aliphatic carbocycles. The lowest BCUT2D eigenvalue weighted by atomic mass is 9.92. The number of fused-ring (bicyclic) bond motifs is 1. The van der Waals surface area contributed by atoms with Crippen molar-refractivity contribution in [2.45, 2.75) is 64.5 Å². The zero-order valence-corrected chi connectivity index (χ0v) is 18.5. The summed E-state index contributed by atoms with van der Waals surface area (Å²) in [5, 5.41) is 5.81. The van der Waals surface area contributed by atoms with Crippen molar-refractivity contribution < 1.29 is 9.59 Å². The maximum atomic E-state index is 13.0. The van der Waals surface area contributed by atoms with Gasteiger partial charge in [0.15, 0.2) is 0 Å². The summed E-state index contributed by atoms with van der Waals surface area (Å²) in [5.41, 5.74) is 1.14. The van der Waals surface area contributed by atoms with Crippen molar-refractivity contribution in [1.82, 2.24) is 9.97 Å². The molecule has 1 saturated heterocycles. The predicted molar refractivity (Wildman–Crippen MR) is 121 cm³/mol. The second-order valence-corrected chi connectivity index (χ2v) is 8.87. The number of benzene rings is 1. The first-order chi connectivity index (χ1) is 14.7. The molecule has 1 aromatic heterocycles. The normalized spacial score (nSPS) is 23.2. The van der Waals surface area contributed by atoms with Gasteiger partial charge < -0.3 is 15.5 Å². The molecule has 4 rings (SSSR count). The fourth-order valence-electron chi connectivity index (χ4n) is 4.49. The number of carbonyl (C=O) groups is 2. The van der Waals surface area contributed by atoms with Gasteiger partial charge in [0.25, 0.3) is 5.56 Å². The van der Waals surface area contributed by atoms with Gasteiger partial charge in [-0.15, -0.1) is 0 Å². The van der Waals surface area contributed by atoms with Crippen LogP contribution in [-0.2, 0) is 9.59 Å². The van der Waals surface area contributed by atoms with E-state index in [0.29, 0.717) is 16.7 Å². The van der Waals surface area contributed by atoms with E-state index >= 15 is 0 Å². The van der Waals surface area contributed by atoms with Gasteiger partial charge in [0, 0.05) is 18.5 Å². The Bertz CT molecular complexity index is 1090. The van der Waals surface area contributed by atoms with Gasteiger partial charge in [-0.2, -0.15) is 4.98 Å². The Morgan fingerprint density at radius 3 is 2.61 bits per heavy atom. The van der Waals surface area contributed by atoms with Crippen LogP contribution in [0.15, 0.2) is 23.0 Å². The lowest BCUT2D eigenvalue weighted by molar-refractivity contribution is -0.123. The van der Waals surface area contributed by atoms with Crippen molar-refractivity contribution in [3.8, 4) is 0 Å². The summed E-state index contributed by atoms with van der Waals surface area (Å²) in [4.78, 5) is 47.9. The molecule has 9 heteroatoms. The number of H-pyrrole nitrogens is 1. The van der Waals surface area contributed by atoms with Gasteiger partial charge in [-0.3, -0.25) is 19.4 Å². The highest BCUT2D eigenvalue weighted by molar-refractivity contribution is 6.33. The smallest absolute Gasteiger partial charge is 0.258 e. The molecular formula is C22H26ClN5O3. The number of anilines is 3. The maximum Gasteiger partial charge on any atom is 0.258 e. The lowest BCUT2D eigenvalue weighted by Gasteiger charge is -2.39.